The molecule has 2 rings (SSSR count). The largest absolute Gasteiger partial charge is 0.389 e. The number of amides is 1. The SMILES string of the molecule is Cc1cccc(C(N)=S)c1N1CC(C(N)=O)CCC1C. The Morgan fingerprint density at radius 2 is 2.05 bits per heavy atom. The first-order valence-electron chi connectivity index (χ1n) is 6.87. The number of carbonyl (C=O) groups excluding carboxylic acids is 1. The van der Waals surface area contributed by atoms with Crippen LogP contribution in [0.15, 0.2) is 18.2 Å². The van der Waals surface area contributed by atoms with Gasteiger partial charge in [0.05, 0.1) is 11.6 Å². The molecule has 2 unspecified atom stereocenters. The van der Waals surface area contributed by atoms with Crippen LogP contribution in [-0.4, -0.2) is 23.5 Å². The Morgan fingerprint density at radius 1 is 1.35 bits per heavy atom. The number of anilines is 1. The van der Waals surface area contributed by atoms with Gasteiger partial charge >= 0.3 is 0 Å². The summed E-state index contributed by atoms with van der Waals surface area (Å²) in [6, 6.07) is 6.27. The molecule has 20 heavy (non-hydrogen) atoms. The number of nitrogens with zero attached hydrogens (tertiary/aromatic N) is 1. The van der Waals surface area contributed by atoms with Crippen LogP contribution in [0.25, 0.3) is 0 Å². The van der Waals surface area contributed by atoms with Crippen molar-refractivity contribution in [2.45, 2.75) is 32.7 Å². The number of piperidine rings is 1. The second-order valence-electron chi connectivity index (χ2n) is 5.51. The van der Waals surface area contributed by atoms with Crippen molar-refractivity contribution in [3.63, 3.8) is 0 Å². The number of rotatable bonds is 3. The Balaban J connectivity index is 2.43. The van der Waals surface area contributed by atoms with Gasteiger partial charge in [0.1, 0.15) is 4.99 Å². The lowest BCUT2D eigenvalue weighted by molar-refractivity contribution is -0.122. The zero-order valence-electron chi connectivity index (χ0n) is 11.9. The van der Waals surface area contributed by atoms with E-state index < -0.39 is 0 Å². The van der Waals surface area contributed by atoms with Gasteiger partial charge in [-0.2, -0.15) is 0 Å². The predicted octanol–water partition coefficient (Wildman–Crippen LogP) is 1.72. The number of aryl methyl sites for hydroxylation is 1. The average Bonchev–Trinajstić information content (AvgIpc) is 2.39. The second-order valence-corrected chi connectivity index (χ2v) is 5.95. The van der Waals surface area contributed by atoms with Gasteiger partial charge in [-0.15, -0.1) is 0 Å². The fraction of sp³-hybridized carbons (Fsp3) is 0.467. The van der Waals surface area contributed by atoms with Gasteiger partial charge in [-0.25, -0.2) is 0 Å². The lowest BCUT2D eigenvalue weighted by atomic mass is 9.91. The summed E-state index contributed by atoms with van der Waals surface area (Å²) in [5, 5.41) is 0. The van der Waals surface area contributed by atoms with Crippen molar-refractivity contribution in [3.8, 4) is 0 Å². The molecule has 1 fully saturated rings. The number of hydrogen-bond acceptors (Lipinski definition) is 3. The zero-order valence-corrected chi connectivity index (χ0v) is 12.7. The van der Waals surface area contributed by atoms with Gasteiger partial charge in [0, 0.05) is 18.2 Å². The molecule has 0 spiro atoms. The Kier molecular flexibility index (Phi) is 4.28. The Labute approximate surface area is 125 Å². The van der Waals surface area contributed by atoms with E-state index in [-0.39, 0.29) is 11.8 Å². The summed E-state index contributed by atoms with van der Waals surface area (Å²) in [5.41, 5.74) is 14.3. The van der Waals surface area contributed by atoms with Crippen molar-refractivity contribution in [1.29, 1.82) is 0 Å². The quantitative estimate of drug-likeness (QED) is 0.832. The molecule has 1 aromatic rings. The van der Waals surface area contributed by atoms with E-state index in [2.05, 4.69) is 11.8 Å². The molecule has 0 radical (unpaired) electrons. The Morgan fingerprint density at radius 3 is 2.65 bits per heavy atom. The molecule has 1 aromatic carbocycles. The van der Waals surface area contributed by atoms with E-state index in [1.165, 1.54) is 0 Å². The van der Waals surface area contributed by atoms with Gasteiger partial charge in [-0.3, -0.25) is 4.79 Å². The summed E-state index contributed by atoms with van der Waals surface area (Å²) in [6.07, 6.45) is 1.79. The van der Waals surface area contributed by atoms with Gasteiger partial charge in [0.15, 0.2) is 0 Å². The highest BCUT2D eigenvalue weighted by atomic mass is 32.1. The summed E-state index contributed by atoms with van der Waals surface area (Å²) in [7, 11) is 0. The monoisotopic (exact) mass is 291 g/mol. The number of para-hydroxylation sites is 1. The van der Waals surface area contributed by atoms with Gasteiger partial charge in [0.2, 0.25) is 5.91 Å². The highest BCUT2D eigenvalue weighted by Crippen LogP contribution is 2.32. The van der Waals surface area contributed by atoms with E-state index in [4.69, 9.17) is 23.7 Å². The molecule has 4 N–H and O–H groups in total. The third-order valence-corrected chi connectivity index (χ3v) is 4.29. The van der Waals surface area contributed by atoms with Crippen LogP contribution in [0, 0.1) is 12.8 Å². The first-order valence-corrected chi connectivity index (χ1v) is 7.28. The minimum absolute atomic E-state index is 0.106. The van der Waals surface area contributed by atoms with Crippen molar-refractivity contribution in [1.82, 2.24) is 0 Å². The summed E-state index contributed by atoms with van der Waals surface area (Å²) in [5.74, 6) is -0.336. The summed E-state index contributed by atoms with van der Waals surface area (Å²) >= 11 is 5.16. The molecular weight excluding hydrogens is 270 g/mol. The Hall–Kier alpha value is -1.62. The number of carbonyl (C=O) groups is 1. The van der Waals surface area contributed by atoms with Crippen molar-refractivity contribution in [2.75, 3.05) is 11.4 Å². The molecular formula is C15H21N3OS. The van der Waals surface area contributed by atoms with E-state index >= 15 is 0 Å². The van der Waals surface area contributed by atoms with Crippen LogP contribution in [0.5, 0.6) is 0 Å². The summed E-state index contributed by atoms with van der Waals surface area (Å²) in [6.45, 7) is 4.83. The summed E-state index contributed by atoms with van der Waals surface area (Å²) in [4.78, 5) is 14.1. The van der Waals surface area contributed by atoms with Crippen molar-refractivity contribution in [2.24, 2.45) is 17.4 Å². The smallest absolute Gasteiger partial charge is 0.222 e. The lowest BCUT2D eigenvalue weighted by Gasteiger charge is -2.40. The van der Waals surface area contributed by atoms with Crippen LogP contribution in [0.2, 0.25) is 0 Å². The molecule has 1 saturated heterocycles. The maximum atomic E-state index is 11.5. The topological polar surface area (TPSA) is 72.3 Å². The average molecular weight is 291 g/mol. The van der Waals surface area contributed by atoms with E-state index in [9.17, 15) is 4.79 Å². The maximum absolute atomic E-state index is 11.5. The highest BCUT2D eigenvalue weighted by Gasteiger charge is 2.30. The van der Waals surface area contributed by atoms with Crippen LogP contribution in [0.1, 0.15) is 30.9 Å². The lowest BCUT2D eigenvalue weighted by Crippen LogP contribution is -2.46. The van der Waals surface area contributed by atoms with Gasteiger partial charge in [0.25, 0.3) is 0 Å². The Bertz CT molecular complexity index is 544. The third-order valence-electron chi connectivity index (χ3n) is 4.07. The number of benzene rings is 1. The normalized spacial score (nSPS) is 22.6. The highest BCUT2D eigenvalue weighted by molar-refractivity contribution is 7.80. The minimum Gasteiger partial charge on any atom is -0.389 e. The van der Waals surface area contributed by atoms with Gasteiger partial charge in [-0.05, 0) is 38.3 Å². The van der Waals surface area contributed by atoms with Crippen LogP contribution < -0.4 is 16.4 Å². The summed E-state index contributed by atoms with van der Waals surface area (Å²) < 4.78 is 0. The van der Waals surface area contributed by atoms with E-state index in [1.54, 1.807) is 0 Å². The van der Waals surface area contributed by atoms with Gasteiger partial charge < -0.3 is 16.4 Å². The fourth-order valence-electron chi connectivity index (χ4n) is 2.89. The standard InChI is InChI=1S/C15H21N3OS/c1-9-4-3-5-12(15(17)20)13(9)18-8-11(14(16)19)7-6-10(18)2/h3-5,10-11H,6-8H2,1-2H3,(H2,16,19)(H2,17,20). The van der Waals surface area contributed by atoms with Crippen LogP contribution in [0.4, 0.5) is 5.69 Å². The molecule has 1 aliphatic heterocycles. The van der Waals surface area contributed by atoms with E-state index in [1.807, 2.05) is 25.1 Å². The number of primary amides is 1. The second kappa shape index (κ2) is 5.79. The van der Waals surface area contributed by atoms with Gasteiger partial charge in [-0.1, -0.05) is 24.4 Å². The molecule has 2 atom stereocenters. The minimum atomic E-state index is -0.229. The van der Waals surface area contributed by atoms with Crippen LogP contribution >= 0.6 is 12.2 Å². The van der Waals surface area contributed by atoms with Crippen LogP contribution in [0.3, 0.4) is 0 Å². The molecule has 0 aromatic heterocycles. The van der Waals surface area contributed by atoms with E-state index in [0.29, 0.717) is 17.6 Å². The predicted molar refractivity (Wildman–Crippen MR) is 85.8 cm³/mol. The molecule has 0 aliphatic carbocycles. The molecule has 1 amide bonds. The molecule has 1 heterocycles. The first-order chi connectivity index (χ1) is 9.41. The molecule has 4 nitrogen and oxygen atoms in total. The molecule has 0 bridgehead atoms. The molecule has 1 aliphatic rings. The first kappa shape index (κ1) is 14.8. The van der Waals surface area contributed by atoms with Crippen molar-refractivity contribution < 1.29 is 4.79 Å². The van der Waals surface area contributed by atoms with Crippen molar-refractivity contribution >= 4 is 28.8 Å². The number of nitrogens with two attached hydrogens (primary N) is 2. The van der Waals surface area contributed by atoms with Crippen molar-refractivity contribution in [3.05, 3.63) is 29.3 Å². The molecule has 108 valence electrons. The molecule has 0 saturated carbocycles. The number of hydrogen-bond donors (Lipinski definition) is 2. The molecule has 5 heteroatoms. The van der Waals surface area contributed by atoms with E-state index in [0.717, 1.165) is 29.7 Å². The van der Waals surface area contributed by atoms with Crippen LogP contribution in [-0.2, 0) is 4.79 Å². The fourth-order valence-corrected chi connectivity index (χ4v) is 3.05. The number of thiocarbonyl (C=S) groups is 1. The zero-order chi connectivity index (χ0) is 14.9. The maximum Gasteiger partial charge on any atom is 0.222 e. The third kappa shape index (κ3) is 2.77.